The van der Waals surface area contributed by atoms with Gasteiger partial charge in [0.1, 0.15) is 23.7 Å². The highest BCUT2D eigenvalue weighted by atomic mass is 32.2. The highest BCUT2D eigenvalue weighted by Crippen LogP contribution is 2.24. The molecule has 0 saturated carbocycles. The molecular weight excluding hydrogens is 436 g/mol. The molecule has 3 rings (SSSR count). The zero-order valence-electron chi connectivity index (χ0n) is 18.1. The van der Waals surface area contributed by atoms with Gasteiger partial charge in [-0.15, -0.1) is 0 Å². The van der Waals surface area contributed by atoms with Gasteiger partial charge < -0.3 is 18.9 Å². The monoisotopic (exact) mass is 462 g/mol. The van der Waals surface area contributed by atoms with Gasteiger partial charge in [-0.2, -0.15) is 8.42 Å². The summed E-state index contributed by atoms with van der Waals surface area (Å²) in [6, 6.07) is 14.5. The van der Waals surface area contributed by atoms with Crippen molar-refractivity contribution in [3.05, 3.63) is 71.8 Å². The number of ketones is 1. The Labute approximate surface area is 187 Å². The van der Waals surface area contributed by atoms with Gasteiger partial charge in [-0.25, -0.2) is 0 Å². The Morgan fingerprint density at radius 2 is 1.31 bits per heavy atom. The molecule has 0 fully saturated rings. The van der Waals surface area contributed by atoms with Gasteiger partial charge in [-0.3, -0.25) is 8.98 Å². The summed E-state index contributed by atoms with van der Waals surface area (Å²) in [5.74, 6) is 0.919. The van der Waals surface area contributed by atoms with Crippen LogP contribution in [-0.2, 0) is 41.8 Å². The van der Waals surface area contributed by atoms with Crippen LogP contribution in [0, 0.1) is 0 Å². The number of hydrogen-bond acceptors (Lipinski definition) is 8. The van der Waals surface area contributed by atoms with Crippen LogP contribution >= 0.6 is 0 Å². The lowest BCUT2D eigenvalue weighted by molar-refractivity contribution is -0.143. The molecule has 3 atom stereocenters. The largest absolute Gasteiger partial charge is 0.497 e. The van der Waals surface area contributed by atoms with Gasteiger partial charge in [-0.1, -0.05) is 24.3 Å². The van der Waals surface area contributed by atoms with Gasteiger partial charge in [-0.05, 0) is 47.5 Å². The lowest BCUT2D eigenvalue weighted by atomic mass is 9.97. The molecule has 0 saturated heterocycles. The van der Waals surface area contributed by atoms with E-state index in [2.05, 4.69) is 0 Å². The zero-order valence-corrected chi connectivity index (χ0v) is 18.9. The van der Waals surface area contributed by atoms with Crippen LogP contribution in [0.4, 0.5) is 0 Å². The van der Waals surface area contributed by atoms with Crippen molar-refractivity contribution in [2.45, 2.75) is 31.5 Å². The van der Waals surface area contributed by atoms with Crippen LogP contribution in [0.25, 0.3) is 0 Å². The summed E-state index contributed by atoms with van der Waals surface area (Å²) in [5, 5.41) is 0. The molecule has 0 spiro atoms. The van der Waals surface area contributed by atoms with Crippen molar-refractivity contribution in [1.29, 1.82) is 0 Å². The van der Waals surface area contributed by atoms with E-state index in [4.69, 9.17) is 23.1 Å². The molecule has 0 bridgehead atoms. The molecule has 0 N–H and O–H groups in total. The van der Waals surface area contributed by atoms with Gasteiger partial charge >= 0.3 is 0 Å². The second-order valence-electron chi connectivity index (χ2n) is 7.23. The zero-order chi connectivity index (χ0) is 23.1. The highest BCUT2D eigenvalue weighted by molar-refractivity contribution is 7.86. The molecule has 2 aromatic rings. The maximum absolute atomic E-state index is 12.4. The summed E-state index contributed by atoms with van der Waals surface area (Å²) >= 11 is 0. The third kappa shape index (κ3) is 6.64. The minimum Gasteiger partial charge on any atom is -0.497 e. The van der Waals surface area contributed by atoms with Crippen molar-refractivity contribution in [2.75, 3.05) is 20.5 Å². The summed E-state index contributed by atoms with van der Waals surface area (Å²) in [4.78, 5) is 12.4. The van der Waals surface area contributed by atoms with E-state index in [1.165, 1.54) is 6.08 Å². The molecule has 32 heavy (non-hydrogen) atoms. The van der Waals surface area contributed by atoms with E-state index in [0.717, 1.165) is 23.1 Å². The number of carbonyl (C=O) groups is 1. The van der Waals surface area contributed by atoms with E-state index in [1.54, 1.807) is 32.4 Å². The fourth-order valence-electron chi connectivity index (χ4n) is 3.18. The normalized spacial score (nSPS) is 20.8. The summed E-state index contributed by atoms with van der Waals surface area (Å²) in [5.41, 5.74) is 1.70. The summed E-state index contributed by atoms with van der Waals surface area (Å²) in [6.45, 7) is 0.350. The summed E-state index contributed by atoms with van der Waals surface area (Å²) < 4.78 is 50.8. The van der Waals surface area contributed by atoms with Crippen molar-refractivity contribution in [1.82, 2.24) is 0 Å². The number of ether oxygens (including phenoxy) is 4. The molecule has 172 valence electrons. The third-order valence-corrected chi connectivity index (χ3v) is 5.39. The highest BCUT2D eigenvalue weighted by Gasteiger charge is 2.40. The molecule has 0 aromatic heterocycles. The van der Waals surface area contributed by atoms with Crippen LogP contribution in [-0.4, -0.2) is 53.0 Å². The van der Waals surface area contributed by atoms with Crippen LogP contribution in [0.15, 0.2) is 60.7 Å². The van der Waals surface area contributed by atoms with Gasteiger partial charge in [0.2, 0.25) is 0 Å². The van der Waals surface area contributed by atoms with Crippen LogP contribution in [0.2, 0.25) is 0 Å². The Kier molecular flexibility index (Phi) is 8.03. The fourth-order valence-corrected chi connectivity index (χ4v) is 3.76. The molecule has 1 aliphatic rings. The number of benzene rings is 2. The molecular formula is C23H26O8S. The quantitative estimate of drug-likeness (QED) is 0.497. The minimum absolute atomic E-state index is 0.127. The van der Waals surface area contributed by atoms with E-state index < -0.39 is 34.2 Å². The number of rotatable bonds is 10. The lowest BCUT2D eigenvalue weighted by Gasteiger charge is -2.32. The maximum atomic E-state index is 12.4. The topological polar surface area (TPSA) is 97.4 Å². The first kappa shape index (κ1) is 23.9. The molecule has 1 aliphatic carbocycles. The summed E-state index contributed by atoms with van der Waals surface area (Å²) in [6.07, 6.45) is 0.734. The Morgan fingerprint density at radius 3 is 1.78 bits per heavy atom. The van der Waals surface area contributed by atoms with Crippen molar-refractivity contribution in [2.24, 2.45) is 0 Å². The number of carbonyl (C=O) groups excluding carboxylic acids is 1. The van der Waals surface area contributed by atoms with E-state index in [-0.39, 0.29) is 13.2 Å². The van der Waals surface area contributed by atoms with Crippen molar-refractivity contribution < 1.29 is 36.3 Å². The van der Waals surface area contributed by atoms with Crippen molar-refractivity contribution in [3.63, 3.8) is 0 Å². The Balaban J connectivity index is 1.76. The molecule has 0 unspecified atom stereocenters. The average molecular weight is 463 g/mol. The Hall–Kier alpha value is -2.72. The molecule has 9 heteroatoms. The minimum atomic E-state index is -3.90. The maximum Gasteiger partial charge on any atom is 0.265 e. The number of hydrogen-bond donors (Lipinski definition) is 0. The second kappa shape index (κ2) is 10.7. The first-order valence-corrected chi connectivity index (χ1v) is 11.7. The fraction of sp³-hybridized carbons (Fsp3) is 0.348. The van der Waals surface area contributed by atoms with Crippen LogP contribution < -0.4 is 9.47 Å². The van der Waals surface area contributed by atoms with Gasteiger partial charge in [0.05, 0.1) is 33.7 Å². The van der Waals surface area contributed by atoms with Gasteiger partial charge in [0.15, 0.2) is 11.9 Å². The van der Waals surface area contributed by atoms with E-state index in [1.807, 2.05) is 36.4 Å². The Morgan fingerprint density at radius 1 is 0.812 bits per heavy atom. The molecule has 0 aliphatic heterocycles. The van der Waals surface area contributed by atoms with E-state index in [0.29, 0.717) is 5.75 Å². The molecule has 0 amide bonds. The first-order valence-electron chi connectivity index (χ1n) is 9.88. The SMILES string of the molecule is COc1ccc(CO[C@@H]2[C@@H](OCc3ccc(OC)cc3)C=CC(=O)[C@H]2OS(C)(=O)=O)cc1. The first-order chi connectivity index (χ1) is 15.3. The van der Waals surface area contributed by atoms with Crippen LogP contribution in [0.5, 0.6) is 11.5 Å². The molecule has 8 nitrogen and oxygen atoms in total. The van der Waals surface area contributed by atoms with Crippen LogP contribution in [0.3, 0.4) is 0 Å². The summed E-state index contributed by atoms with van der Waals surface area (Å²) in [7, 11) is -0.742. The Bertz CT molecular complexity index is 1030. The lowest BCUT2D eigenvalue weighted by Crippen LogP contribution is -2.49. The average Bonchev–Trinajstić information content (AvgIpc) is 2.78. The molecule has 0 heterocycles. The molecule has 0 radical (unpaired) electrons. The number of methoxy groups -OCH3 is 2. The third-order valence-electron chi connectivity index (χ3n) is 4.83. The van der Waals surface area contributed by atoms with Gasteiger partial charge in [0, 0.05) is 0 Å². The smallest absolute Gasteiger partial charge is 0.265 e. The standard InChI is InChI=1S/C23H26O8S/c1-27-18-8-4-16(5-9-18)14-29-21-13-12-20(24)22(31-32(3,25)26)23(21)30-15-17-6-10-19(28-2)11-7-17/h4-13,21-23H,14-15H2,1-3H3/t21-,22+,23+/m0/s1. The predicted molar refractivity (Wildman–Crippen MR) is 117 cm³/mol. The van der Waals surface area contributed by atoms with Gasteiger partial charge in [0.25, 0.3) is 10.1 Å². The predicted octanol–water partition coefficient (Wildman–Crippen LogP) is 2.66. The van der Waals surface area contributed by atoms with Crippen molar-refractivity contribution >= 4 is 15.9 Å². The van der Waals surface area contributed by atoms with Crippen molar-refractivity contribution in [3.8, 4) is 11.5 Å². The van der Waals surface area contributed by atoms with E-state index in [9.17, 15) is 13.2 Å². The molecule has 2 aromatic carbocycles. The van der Waals surface area contributed by atoms with Crippen LogP contribution in [0.1, 0.15) is 11.1 Å². The van der Waals surface area contributed by atoms with E-state index >= 15 is 0 Å². The second-order valence-corrected chi connectivity index (χ2v) is 8.83.